The number of unbranched alkanes of at least 4 members (excludes halogenated alkanes) is 1. The maximum absolute atomic E-state index is 5.78. The number of nitrogens with one attached hydrogen (secondary N) is 1. The van der Waals surface area contributed by atoms with Crippen LogP contribution < -0.4 is 10.1 Å². The number of hydrogen-bond acceptors (Lipinski definition) is 4. The summed E-state index contributed by atoms with van der Waals surface area (Å²) in [5.41, 5.74) is 1.33. The molecule has 0 spiro atoms. The molecular formula is C17H24N2OS. The normalized spacial score (nSPS) is 10.8. The zero-order chi connectivity index (χ0) is 14.9. The van der Waals surface area contributed by atoms with Crippen molar-refractivity contribution >= 4 is 11.3 Å². The maximum atomic E-state index is 5.78. The van der Waals surface area contributed by atoms with Gasteiger partial charge in [-0.05, 0) is 37.1 Å². The van der Waals surface area contributed by atoms with E-state index in [1.54, 1.807) is 11.3 Å². The predicted molar refractivity (Wildman–Crippen MR) is 88.9 cm³/mol. The van der Waals surface area contributed by atoms with Gasteiger partial charge in [0.25, 0.3) is 0 Å². The zero-order valence-corrected chi connectivity index (χ0v) is 13.7. The van der Waals surface area contributed by atoms with Crippen molar-refractivity contribution in [2.45, 2.75) is 46.3 Å². The molecule has 0 radical (unpaired) electrons. The molecule has 0 saturated carbocycles. The van der Waals surface area contributed by atoms with Crippen molar-refractivity contribution < 1.29 is 4.74 Å². The Morgan fingerprint density at radius 1 is 1.19 bits per heavy atom. The molecule has 0 aliphatic rings. The van der Waals surface area contributed by atoms with Gasteiger partial charge in [0, 0.05) is 17.6 Å². The Morgan fingerprint density at radius 3 is 2.71 bits per heavy atom. The van der Waals surface area contributed by atoms with E-state index in [0.29, 0.717) is 6.61 Å². The molecule has 1 aromatic carbocycles. The largest absolute Gasteiger partial charge is 0.486 e. The first kappa shape index (κ1) is 16.0. The van der Waals surface area contributed by atoms with Crippen LogP contribution in [0, 0.1) is 0 Å². The average Bonchev–Trinajstić information content (AvgIpc) is 2.98. The highest BCUT2D eigenvalue weighted by atomic mass is 32.1. The van der Waals surface area contributed by atoms with E-state index >= 15 is 0 Å². The van der Waals surface area contributed by atoms with E-state index in [1.807, 2.05) is 18.3 Å². The van der Waals surface area contributed by atoms with Crippen molar-refractivity contribution in [1.82, 2.24) is 10.3 Å². The van der Waals surface area contributed by atoms with Crippen molar-refractivity contribution in [3.8, 4) is 5.75 Å². The van der Waals surface area contributed by atoms with Crippen LogP contribution in [0.2, 0.25) is 0 Å². The number of thiazole rings is 1. The summed E-state index contributed by atoms with van der Waals surface area (Å²) in [6, 6.07) is 8.28. The molecular weight excluding hydrogens is 280 g/mol. The molecule has 0 saturated heterocycles. The molecule has 21 heavy (non-hydrogen) atoms. The summed E-state index contributed by atoms with van der Waals surface area (Å²) in [5, 5.41) is 4.46. The van der Waals surface area contributed by atoms with Crippen LogP contribution in [0.4, 0.5) is 0 Å². The van der Waals surface area contributed by atoms with Crippen LogP contribution in [-0.4, -0.2) is 11.5 Å². The standard InChI is InChI=1S/C17H24N2OS/c1-3-5-10-18-11-16-12-19-17(21-16)13-20-15-8-6-14(4-2)7-9-15/h6-9,12,18H,3-5,10-11,13H2,1-2H3. The van der Waals surface area contributed by atoms with Crippen molar-refractivity contribution in [1.29, 1.82) is 0 Å². The van der Waals surface area contributed by atoms with Crippen molar-refractivity contribution in [2.75, 3.05) is 6.54 Å². The van der Waals surface area contributed by atoms with Crippen molar-refractivity contribution in [2.24, 2.45) is 0 Å². The highest BCUT2D eigenvalue weighted by molar-refractivity contribution is 7.11. The molecule has 1 heterocycles. The molecule has 1 aromatic heterocycles. The van der Waals surface area contributed by atoms with Gasteiger partial charge in [0.1, 0.15) is 17.4 Å². The fourth-order valence-electron chi connectivity index (χ4n) is 1.98. The SMILES string of the molecule is CCCCNCc1cnc(COc2ccc(CC)cc2)s1. The second-order valence-electron chi connectivity index (χ2n) is 5.04. The fraction of sp³-hybridized carbons (Fsp3) is 0.471. The molecule has 0 aliphatic heterocycles. The summed E-state index contributed by atoms with van der Waals surface area (Å²) in [7, 11) is 0. The molecule has 2 aromatic rings. The second-order valence-corrected chi connectivity index (χ2v) is 6.24. The number of rotatable bonds is 9. The van der Waals surface area contributed by atoms with Crippen LogP contribution in [0.15, 0.2) is 30.5 Å². The summed E-state index contributed by atoms with van der Waals surface area (Å²) in [6.45, 7) is 6.89. The lowest BCUT2D eigenvalue weighted by Crippen LogP contribution is -2.13. The molecule has 0 atom stereocenters. The first-order valence-electron chi connectivity index (χ1n) is 7.67. The highest BCUT2D eigenvalue weighted by Crippen LogP contribution is 2.17. The van der Waals surface area contributed by atoms with E-state index in [2.05, 4.69) is 36.3 Å². The van der Waals surface area contributed by atoms with Crippen LogP contribution >= 0.6 is 11.3 Å². The average molecular weight is 304 g/mol. The fourth-order valence-corrected chi connectivity index (χ4v) is 2.78. The molecule has 0 fully saturated rings. The first-order valence-corrected chi connectivity index (χ1v) is 8.49. The molecule has 114 valence electrons. The first-order chi connectivity index (χ1) is 10.3. The van der Waals surface area contributed by atoms with Gasteiger partial charge in [-0.25, -0.2) is 4.98 Å². The molecule has 1 N–H and O–H groups in total. The van der Waals surface area contributed by atoms with E-state index in [-0.39, 0.29) is 0 Å². The van der Waals surface area contributed by atoms with E-state index in [4.69, 9.17) is 4.74 Å². The Labute approximate surface area is 131 Å². The summed E-state index contributed by atoms with van der Waals surface area (Å²) in [4.78, 5) is 5.69. The van der Waals surface area contributed by atoms with Crippen LogP contribution in [-0.2, 0) is 19.6 Å². The molecule has 0 amide bonds. The van der Waals surface area contributed by atoms with Crippen LogP contribution in [0.25, 0.3) is 0 Å². The Kier molecular flexibility index (Phi) is 6.70. The molecule has 2 rings (SSSR count). The minimum atomic E-state index is 0.547. The molecule has 0 bridgehead atoms. The van der Waals surface area contributed by atoms with E-state index in [0.717, 1.165) is 30.3 Å². The van der Waals surface area contributed by atoms with Gasteiger partial charge in [-0.15, -0.1) is 11.3 Å². The summed E-state index contributed by atoms with van der Waals surface area (Å²) < 4.78 is 5.78. The third kappa shape index (κ3) is 5.48. The number of hydrogen-bond donors (Lipinski definition) is 1. The van der Waals surface area contributed by atoms with Gasteiger partial charge in [0.15, 0.2) is 0 Å². The van der Waals surface area contributed by atoms with E-state index in [1.165, 1.54) is 23.3 Å². The molecule has 4 heteroatoms. The smallest absolute Gasteiger partial charge is 0.140 e. The number of aryl methyl sites for hydroxylation is 1. The number of benzene rings is 1. The minimum absolute atomic E-state index is 0.547. The lowest BCUT2D eigenvalue weighted by atomic mass is 10.2. The highest BCUT2D eigenvalue weighted by Gasteiger charge is 2.03. The van der Waals surface area contributed by atoms with Crippen molar-refractivity contribution in [3.05, 3.63) is 45.9 Å². The maximum Gasteiger partial charge on any atom is 0.140 e. The van der Waals surface area contributed by atoms with Gasteiger partial charge in [0.05, 0.1) is 0 Å². The Morgan fingerprint density at radius 2 is 2.00 bits per heavy atom. The number of aromatic nitrogens is 1. The van der Waals surface area contributed by atoms with Gasteiger partial charge in [-0.3, -0.25) is 0 Å². The lowest BCUT2D eigenvalue weighted by Gasteiger charge is -2.04. The summed E-state index contributed by atoms with van der Waals surface area (Å²) in [6.07, 6.45) is 5.46. The summed E-state index contributed by atoms with van der Waals surface area (Å²) in [5.74, 6) is 0.907. The third-order valence-corrected chi connectivity index (χ3v) is 4.27. The van der Waals surface area contributed by atoms with Crippen molar-refractivity contribution in [3.63, 3.8) is 0 Å². The monoisotopic (exact) mass is 304 g/mol. The van der Waals surface area contributed by atoms with Crippen LogP contribution in [0.5, 0.6) is 5.75 Å². The predicted octanol–water partition coefficient (Wildman–Crippen LogP) is 4.17. The topological polar surface area (TPSA) is 34.2 Å². The van der Waals surface area contributed by atoms with Gasteiger partial charge in [-0.1, -0.05) is 32.4 Å². The van der Waals surface area contributed by atoms with Gasteiger partial charge in [0.2, 0.25) is 0 Å². The number of nitrogens with zero attached hydrogens (tertiary/aromatic N) is 1. The van der Waals surface area contributed by atoms with Crippen LogP contribution in [0.3, 0.4) is 0 Å². The minimum Gasteiger partial charge on any atom is -0.486 e. The van der Waals surface area contributed by atoms with Gasteiger partial charge in [-0.2, -0.15) is 0 Å². The second kappa shape index (κ2) is 8.80. The van der Waals surface area contributed by atoms with E-state index < -0.39 is 0 Å². The Hall–Kier alpha value is -1.39. The zero-order valence-electron chi connectivity index (χ0n) is 12.9. The molecule has 3 nitrogen and oxygen atoms in total. The quantitative estimate of drug-likeness (QED) is 0.706. The molecule has 0 aliphatic carbocycles. The number of ether oxygens (including phenoxy) is 1. The third-order valence-electron chi connectivity index (χ3n) is 3.30. The Bertz CT molecular complexity index is 522. The lowest BCUT2D eigenvalue weighted by molar-refractivity contribution is 0.305. The van der Waals surface area contributed by atoms with Gasteiger partial charge >= 0.3 is 0 Å². The van der Waals surface area contributed by atoms with Crippen LogP contribution in [0.1, 0.15) is 42.1 Å². The van der Waals surface area contributed by atoms with E-state index in [9.17, 15) is 0 Å². The Balaban J connectivity index is 1.76. The van der Waals surface area contributed by atoms with Gasteiger partial charge < -0.3 is 10.1 Å². The molecule has 0 unspecified atom stereocenters. The summed E-state index contributed by atoms with van der Waals surface area (Å²) >= 11 is 1.72.